The smallest absolute Gasteiger partial charge is 0.251 e. The van der Waals surface area contributed by atoms with Crippen LogP contribution in [0.1, 0.15) is 12.8 Å². The zero-order valence-electron chi connectivity index (χ0n) is 11.1. The Balaban J connectivity index is 0.00000200. The molecule has 6 heteroatoms. The molecule has 0 amide bonds. The van der Waals surface area contributed by atoms with Crippen molar-refractivity contribution < 1.29 is 13.5 Å². The Bertz CT molecular complexity index is 401. The van der Waals surface area contributed by atoms with Crippen LogP contribution in [0.3, 0.4) is 0 Å². The molecule has 0 N–H and O–H groups in total. The Kier molecular flexibility index (Phi) is 8.06. The van der Waals surface area contributed by atoms with Gasteiger partial charge >= 0.3 is 0 Å². The maximum Gasteiger partial charge on any atom is 0.251 e. The molecule has 20 heavy (non-hydrogen) atoms. The summed E-state index contributed by atoms with van der Waals surface area (Å²) in [5, 5.41) is 0. The number of hydrogen-bond acceptors (Lipinski definition) is 2. The molecule has 114 valence electrons. The molecule has 0 bridgehead atoms. The van der Waals surface area contributed by atoms with Gasteiger partial charge in [-0.3, -0.25) is 4.90 Å². The number of hydrogen-bond donors (Lipinski definition) is 0. The molecule has 0 aliphatic carbocycles. The summed E-state index contributed by atoms with van der Waals surface area (Å²) in [6.07, 6.45) is -0.341. The van der Waals surface area contributed by atoms with Gasteiger partial charge in [0.2, 0.25) is 0 Å². The number of benzene rings is 1. The third kappa shape index (κ3) is 6.10. The highest BCUT2D eigenvalue weighted by atomic mass is 127. The Hall–Kier alpha value is -0.140. The van der Waals surface area contributed by atoms with E-state index in [1.54, 1.807) is 0 Å². The first-order valence-corrected chi connectivity index (χ1v) is 7.60. The lowest BCUT2D eigenvalue weighted by atomic mass is 9.98. The minimum absolute atomic E-state index is 0. The van der Waals surface area contributed by atoms with E-state index in [4.69, 9.17) is 4.74 Å². The number of alkyl halides is 2. The molecule has 0 saturated carbocycles. The van der Waals surface area contributed by atoms with Crippen LogP contribution in [0.15, 0.2) is 24.3 Å². The van der Waals surface area contributed by atoms with Gasteiger partial charge in [-0.15, -0.1) is 12.4 Å². The summed E-state index contributed by atoms with van der Waals surface area (Å²) < 4.78 is 31.4. The summed E-state index contributed by atoms with van der Waals surface area (Å²) in [6.45, 7) is 2.10. The Morgan fingerprint density at radius 2 is 2.00 bits per heavy atom. The van der Waals surface area contributed by atoms with Crippen molar-refractivity contribution in [2.24, 2.45) is 5.92 Å². The van der Waals surface area contributed by atoms with Crippen molar-refractivity contribution in [1.29, 1.82) is 0 Å². The lowest BCUT2D eigenvalue weighted by Crippen LogP contribution is -2.38. The summed E-state index contributed by atoms with van der Waals surface area (Å²) in [5.74, 6) is 1.37. The first-order valence-electron chi connectivity index (χ1n) is 6.52. The van der Waals surface area contributed by atoms with Crippen molar-refractivity contribution in [2.75, 3.05) is 26.2 Å². The fraction of sp³-hybridized carbons (Fsp3) is 0.571. The largest absolute Gasteiger partial charge is 0.493 e. The third-order valence-corrected chi connectivity index (χ3v) is 4.06. The third-order valence-electron chi connectivity index (χ3n) is 3.39. The standard InChI is InChI=1S/C14H18F2INO.ClH/c15-14(16)9-18-6-4-11(5-7-18)10-19-13-3-1-2-12(17)8-13;/h1-3,8,11,14H,4-7,9-10H2;1H. The van der Waals surface area contributed by atoms with Crippen molar-refractivity contribution in [3.63, 3.8) is 0 Å². The Labute approximate surface area is 138 Å². The predicted octanol–water partition coefficient (Wildman–Crippen LogP) is 4.07. The summed E-state index contributed by atoms with van der Waals surface area (Å²) >= 11 is 2.26. The monoisotopic (exact) mass is 417 g/mol. The fourth-order valence-electron chi connectivity index (χ4n) is 2.30. The van der Waals surface area contributed by atoms with E-state index in [0.29, 0.717) is 12.5 Å². The second-order valence-electron chi connectivity index (χ2n) is 4.90. The summed E-state index contributed by atoms with van der Waals surface area (Å²) in [5.41, 5.74) is 0. The Morgan fingerprint density at radius 1 is 1.30 bits per heavy atom. The van der Waals surface area contributed by atoms with Crippen molar-refractivity contribution >= 4 is 35.0 Å². The van der Waals surface area contributed by atoms with Gasteiger partial charge in [0.1, 0.15) is 5.75 Å². The van der Waals surface area contributed by atoms with E-state index in [0.717, 1.165) is 35.3 Å². The molecule has 0 atom stereocenters. The highest BCUT2D eigenvalue weighted by Gasteiger charge is 2.21. The maximum atomic E-state index is 12.3. The highest BCUT2D eigenvalue weighted by Crippen LogP contribution is 2.21. The lowest BCUT2D eigenvalue weighted by molar-refractivity contribution is 0.0620. The number of halogens is 4. The van der Waals surface area contributed by atoms with Crippen molar-refractivity contribution in [3.8, 4) is 5.75 Å². The number of nitrogens with zero attached hydrogens (tertiary/aromatic N) is 1. The van der Waals surface area contributed by atoms with Crippen LogP contribution in [0.25, 0.3) is 0 Å². The van der Waals surface area contributed by atoms with E-state index in [1.807, 2.05) is 29.2 Å². The van der Waals surface area contributed by atoms with Gasteiger partial charge in [-0.1, -0.05) is 6.07 Å². The van der Waals surface area contributed by atoms with E-state index in [9.17, 15) is 8.78 Å². The first kappa shape index (κ1) is 17.9. The van der Waals surface area contributed by atoms with Gasteiger partial charge in [-0.2, -0.15) is 0 Å². The molecule has 0 unspecified atom stereocenters. The van der Waals surface area contributed by atoms with Gasteiger partial charge in [0.15, 0.2) is 0 Å². The highest BCUT2D eigenvalue weighted by molar-refractivity contribution is 14.1. The molecule has 0 spiro atoms. The van der Waals surface area contributed by atoms with Crippen LogP contribution in [0.5, 0.6) is 5.75 Å². The quantitative estimate of drug-likeness (QED) is 0.670. The van der Waals surface area contributed by atoms with E-state index in [-0.39, 0.29) is 19.0 Å². The van der Waals surface area contributed by atoms with Gasteiger partial charge in [0.25, 0.3) is 6.43 Å². The van der Waals surface area contributed by atoms with Crippen molar-refractivity contribution in [2.45, 2.75) is 19.3 Å². The molecule has 1 aromatic rings. The number of ether oxygens (including phenoxy) is 1. The molecule has 1 saturated heterocycles. The maximum absolute atomic E-state index is 12.3. The van der Waals surface area contributed by atoms with Crippen LogP contribution in [0.4, 0.5) is 8.78 Å². The van der Waals surface area contributed by atoms with E-state index >= 15 is 0 Å². The second-order valence-corrected chi connectivity index (χ2v) is 6.15. The predicted molar refractivity (Wildman–Crippen MR) is 87.1 cm³/mol. The Morgan fingerprint density at radius 3 is 2.60 bits per heavy atom. The minimum atomic E-state index is -2.22. The van der Waals surface area contributed by atoms with Crippen LogP contribution in [-0.4, -0.2) is 37.6 Å². The molecule has 0 radical (unpaired) electrons. The van der Waals surface area contributed by atoms with Crippen molar-refractivity contribution in [3.05, 3.63) is 27.8 Å². The normalized spacial score (nSPS) is 17.0. The van der Waals surface area contributed by atoms with Gasteiger partial charge in [-0.25, -0.2) is 8.78 Å². The number of piperidine rings is 1. The molecular formula is C14H19ClF2INO. The summed E-state index contributed by atoms with van der Waals surface area (Å²) in [6, 6.07) is 7.96. The SMILES string of the molecule is Cl.FC(F)CN1CCC(COc2cccc(I)c2)CC1. The van der Waals surface area contributed by atoms with E-state index in [2.05, 4.69) is 22.6 Å². The average molecular weight is 418 g/mol. The topological polar surface area (TPSA) is 12.5 Å². The van der Waals surface area contributed by atoms with Crippen molar-refractivity contribution in [1.82, 2.24) is 4.90 Å². The molecule has 1 aliphatic heterocycles. The molecule has 2 nitrogen and oxygen atoms in total. The molecule has 2 rings (SSSR count). The molecular weight excluding hydrogens is 399 g/mol. The van der Waals surface area contributed by atoms with E-state index < -0.39 is 6.43 Å². The average Bonchev–Trinajstić information content (AvgIpc) is 2.37. The van der Waals surface area contributed by atoms with E-state index in [1.165, 1.54) is 0 Å². The summed E-state index contributed by atoms with van der Waals surface area (Å²) in [7, 11) is 0. The fourth-order valence-corrected chi connectivity index (χ4v) is 2.82. The number of likely N-dealkylation sites (tertiary alicyclic amines) is 1. The molecule has 1 fully saturated rings. The van der Waals surface area contributed by atoms with Crippen LogP contribution >= 0.6 is 35.0 Å². The minimum Gasteiger partial charge on any atom is -0.493 e. The van der Waals surface area contributed by atoms with Gasteiger partial charge in [-0.05, 0) is 72.6 Å². The summed E-state index contributed by atoms with van der Waals surface area (Å²) in [4.78, 5) is 1.84. The van der Waals surface area contributed by atoms with Crippen LogP contribution in [-0.2, 0) is 0 Å². The molecule has 1 heterocycles. The van der Waals surface area contributed by atoms with Crippen LogP contribution in [0.2, 0.25) is 0 Å². The second kappa shape index (κ2) is 9.00. The van der Waals surface area contributed by atoms with Gasteiger partial charge in [0, 0.05) is 3.57 Å². The van der Waals surface area contributed by atoms with Crippen LogP contribution in [0, 0.1) is 9.49 Å². The van der Waals surface area contributed by atoms with Gasteiger partial charge in [0.05, 0.1) is 13.2 Å². The lowest BCUT2D eigenvalue weighted by Gasteiger charge is -2.31. The first-order chi connectivity index (χ1) is 9.13. The van der Waals surface area contributed by atoms with Crippen LogP contribution < -0.4 is 4.74 Å². The zero-order chi connectivity index (χ0) is 13.7. The van der Waals surface area contributed by atoms with Gasteiger partial charge < -0.3 is 4.74 Å². The molecule has 1 aliphatic rings. The number of rotatable bonds is 5. The molecule has 0 aromatic heterocycles. The molecule has 1 aromatic carbocycles. The zero-order valence-corrected chi connectivity index (χ0v) is 14.1.